The van der Waals surface area contributed by atoms with E-state index in [1.165, 1.54) is 5.56 Å². The number of aryl methyl sites for hydroxylation is 1. The third-order valence-corrected chi connectivity index (χ3v) is 1.87. The molecule has 0 aromatic heterocycles. The third kappa shape index (κ3) is 2.81. The quantitative estimate of drug-likeness (QED) is 0.501. The molecule has 1 N–H and O–H groups in total. The van der Waals surface area contributed by atoms with Gasteiger partial charge < -0.3 is 5.32 Å². The summed E-state index contributed by atoms with van der Waals surface area (Å²) in [6, 6.07) is 7.86. The largest absolute Gasteiger partial charge is 0.317 e. The first-order valence-electron chi connectivity index (χ1n) is 3.78. The molecule has 12 heavy (non-hydrogen) atoms. The number of carbonyl (C=O) groups is 1. The van der Waals surface area contributed by atoms with Crippen molar-refractivity contribution < 1.29 is 4.79 Å². The smallest absolute Gasteiger partial charge is 0.284 e. The van der Waals surface area contributed by atoms with E-state index in [-0.39, 0.29) is 3.91 Å². The van der Waals surface area contributed by atoms with Gasteiger partial charge in [-0.15, -0.1) is 0 Å². The van der Waals surface area contributed by atoms with Crippen molar-refractivity contribution in [1.29, 1.82) is 0 Å². The Labute approximate surface area is 85.5 Å². The average molecular weight is 275 g/mol. The molecule has 0 saturated heterocycles. The summed E-state index contributed by atoms with van der Waals surface area (Å²) in [5, 5.41) is 2.70. The van der Waals surface area contributed by atoms with Crippen molar-refractivity contribution >= 4 is 32.2 Å². The van der Waals surface area contributed by atoms with Crippen molar-refractivity contribution in [1.82, 2.24) is 0 Å². The maximum Gasteiger partial charge on any atom is 0.284 e. The Balaban J connectivity index is 2.71. The van der Waals surface area contributed by atoms with Crippen LogP contribution in [-0.2, 0) is 6.42 Å². The molecule has 1 aromatic carbocycles. The highest BCUT2D eigenvalue weighted by molar-refractivity contribution is 14.1. The second-order valence-electron chi connectivity index (χ2n) is 2.45. The zero-order valence-electron chi connectivity index (χ0n) is 6.80. The van der Waals surface area contributed by atoms with Gasteiger partial charge in [0.25, 0.3) is 3.91 Å². The van der Waals surface area contributed by atoms with Crippen LogP contribution in [0.2, 0.25) is 0 Å². The first-order chi connectivity index (χ1) is 5.72. The van der Waals surface area contributed by atoms with Crippen LogP contribution < -0.4 is 5.32 Å². The van der Waals surface area contributed by atoms with Crippen LogP contribution in [0.4, 0.5) is 10.5 Å². The number of rotatable bonds is 2. The van der Waals surface area contributed by atoms with Gasteiger partial charge >= 0.3 is 0 Å². The monoisotopic (exact) mass is 275 g/mol. The Kier molecular flexibility index (Phi) is 3.52. The predicted molar refractivity (Wildman–Crippen MR) is 58.9 cm³/mol. The van der Waals surface area contributed by atoms with Gasteiger partial charge in [0.2, 0.25) is 0 Å². The summed E-state index contributed by atoms with van der Waals surface area (Å²) < 4.78 is -0.0585. The maximum absolute atomic E-state index is 10.6. The highest BCUT2D eigenvalue weighted by Crippen LogP contribution is 2.10. The summed E-state index contributed by atoms with van der Waals surface area (Å²) in [6.45, 7) is 2.10. The van der Waals surface area contributed by atoms with Crippen LogP contribution in [0.15, 0.2) is 24.3 Å². The molecule has 0 aliphatic carbocycles. The number of hydrogen-bond acceptors (Lipinski definition) is 1. The average Bonchev–Trinajstić information content (AvgIpc) is 2.05. The van der Waals surface area contributed by atoms with Crippen LogP contribution in [0.3, 0.4) is 0 Å². The first-order valence-corrected chi connectivity index (χ1v) is 4.85. The molecule has 0 heterocycles. The van der Waals surface area contributed by atoms with Gasteiger partial charge in [0.05, 0.1) is 0 Å². The van der Waals surface area contributed by atoms with E-state index < -0.39 is 0 Å². The Morgan fingerprint density at radius 1 is 1.42 bits per heavy atom. The molecule has 0 atom stereocenters. The zero-order chi connectivity index (χ0) is 8.97. The summed E-state index contributed by atoms with van der Waals surface area (Å²) in [4.78, 5) is 10.6. The Bertz CT molecular complexity index is 268. The number of hydrogen-bond donors (Lipinski definition) is 1. The van der Waals surface area contributed by atoms with E-state index in [9.17, 15) is 4.79 Å². The van der Waals surface area contributed by atoms with Gasteiger partial charge in [-0.25, -0.2) is 0 Å². The fourth-order valence-electron chi connectivity index (χ4n) is 0.937. The van der Waals surface area contributed by atoms with Crippen molar-refractivity contribution in [2.45, 2.75) is 13.3 Å². The molecule has 64 valence electrons. The zero-order valence-corrected chi connectivity index (χ0v) is 8.96. The van der Waals surface area contributed by atoms with Gasteiger partial charge in [0.1, 0.15) is 0 Å². The molecule has 0 spiro atoms. The van der Waals surface area contributed by atoms with E-state index in [0.29, 0.717) is 0 Å². The third-order valence-electron chi connectivity index (χ3n) is 1.60. The van der Waals surface area contributed by atoms with E-state index in [4.69, 9.17) is 0 Å². The van der Waals surface area contributed by atoms with E-state index in [2.05, 4.69) is 12.2 Å². The molecule has 0 aliphatic rings. The normalized spacial score (nSPS) is 9.50. The summed E-state index contributed by atoms with van der Waals surface area (Å²) in [7, 11) is 0. The van der Waals surface area contributed by atoms with Crippen LogP contribution in [0.25, 0.3) is 0 Å². The standard InChI is InChI=1S/C9H10INO/c1-2-7-3-5-8(6-4-7)11-9(10)12/h3-6H,2H2,1H3,(H,11,12). The summed E-state index contributed by atoms with van der Waals surface area (Å²) in [5.74, 6) is 0. The molecule has 0 radical (unpaired) electrons. The highest BCUT2D eigenvalue weighted by Gasteiger charge is 1.95. The fourth-order valence-corrected chi connectivity index (χ4v) is 1.25. The molecule has 0 aliphatic heterocycles. The van der Waals surface area contributed by atoms with Gasteiger partial charge in [-0.1, -0.05) is 19.1 Å². The van der Waals surface area contributed by atoms with E-state index in [1.54, 1.807) is 22.6 Å². The molecule has 1 aromatic rings. The topological polar surface area (TPSA) is 29.1 Å². The second-order valence-corrected chi connectivity index (χ2v) is 3.43. The maximum atomic E-state index is 10.6. The molecule has 1 amide bonds. The number of halogens is 1. The molecular weight excluding hydrogens is 265 g/mol. The number of nitrogens with one attached hydrogen (secondary N) is 1. The SMILES string of the molecule is CCc1ccc(NC(=O)I)cc1. The van der Waals surface area contributed by atoms with Crippen LogP contribution in [0.5, 0.6) is 0 Å². The molecule has 0 saturated carbocycles. The minimum atomic E-state index is -0.0585. The summed E-state index contributed by atoms with van der Waals surface area (Å²) in [6.07, 6.45) is 1.03. The lowest BCUT2D eigenvalue weighted by Gasteiger charge is -2.01. The molecule has 2 nitrogen and oxygen atoms in total. The van der Waals surface area contributed by atoms with Gasteiger partial charge in [-0.05, 0) is 24.1 Å². The molecule has 0 fully saturated rings. The fraction of sp³-hybridized carbons (Fsp3) is 0.222. The van der Waals surface area contributed by atoms with E-state index in [1.807, 2.05) is 24.3 Å². The van der Waals surface area contributed by atoms with E-state index >= 15 is 0 Å². The number of amides is 1. The van der Waals surface area contributed by atoms with Crippen molar-refractivity contribution in [3.05, 3.63) is 29.8 Å². The summed E-state index contributed by atoms with van der Waals surface area (Å²) in [5.41, 5.74) is 2.13. The molecular formula is C9H10INO. The molecule has 0 unspecified atom stereocenters. The van der Waals surface area contributed by atoms with Crippen molar-refractivity contribution in [3.8, 4) is 0 Å². The van der Waals surface area contributed by atoms with Gasteiger partial charge in [0, 0.05) is 28.3 Å². The minimum absolute atomic E-state index is 0.0585. The lowest BCUT2D eigenvalue weighted by Crippen LogP contribution is -1.99. The lowest BCUT2D eigenvalue weighted by molar-refractivity contribution is 0.272. The molecule has 1 rings (SSSR count). The molecule has 0 bridgehead atoms. The number of anilines is 1. The number of benzene rings is 1. The second kappa shape index (κ2) is 4.45. The van der Waals surface area contributed by atoms with Crippen molar-refractivity contribution in [2.24, 2.45) is 0 Å². The van der Waals surface area contributed by atoms with Crippen LogP contribution in [0, 0.1) is 0 Å². The van der Waals surface area contributed by atoms with Crippen molar-refractivity contribution in [2.75, 3.05) is 5.32 Å². The lowest BCUT2D eigenvalue weighted by atomic mass is 10.1. The van der Waals surface area contributed by atoms with Gasteiger partial charge in [-0.3, -0.25) is 4.79 Å². The van der Waals surface area contributed by atoms with Crippen molar-refractivity contribution in [3.63, 3.8) is 0 Å². The predicted octanol–water partition coefficient (Wildman–Crippen LogP) is 3.22. The number of carbonyl (C=O) groups excluding carboxylic acids is 1. The van der Waals surface area contributed by atoms with Gasteiger partial charge in [0.15, 0.2) is 0 Å². The van der Waals surface area contributed by atoms with Crippen LogP contribution >= 0.6 is 22.6 Å². The Morgan fingerprint density at radius 3 is 2.42 bits per heavy atom. The Hall–Kier alpha value is -0.580. The van der Waals surface area contributed by atoms with Crippen LogP contribution in [0.1, 0.15) is 12.5 Å². The van der Waals surface area contributed by atoms with Gasteiger partial charge in [-0.2, -0.15) is 0 Å². The minimum Gasteiger partial charge on any atom is -0.317 e. The molecule has 3 heteroatoms. The summed E-state index contributed by atoms with van der Waals surface area (Å²) >= 11 is 1.71. The Morgan fingerprint density at radius 2 is 2.00 bits per heavy atom. The van der Waals surface area contributed by atoms with E-state index in [0.717, 1.165) is 12.1 Å². The van der Waals surface area contributed by atoms with Crippen LogP contribution in [-0.4, -0.2) is 3.91 Å². The first kappa shape index (κ1) is 9.51. The highest BCUT2D eigenvalue weighted by atomic mass is 127.